The molecule has 7 nitrogen and oxygen atoms in total. The predicted octanol–water partition coefficient (Wildman–Crippen LogP) is 6.60. The number of rotatable bonds is 7. The van der Waals surface area contributed by atoms with Crippen LogP contribution in [0.15, 0.2) is 60.2 Å². The molecule has 0 spiro atoms. The van der Waals surface area contributed by atoms with E-state index >= 15 is 0 Å². The van der Waals surface area contributed by atoms with Crippen LogP contribution in [0.4, 0.5) is 10.5 Å². The molecule has 1 aliphatic heterocycles. The number of carbonyl (C=O) groups is 3. The average molecular weight is 560 g/mol. The third-order valence-electron chi connectivity index (χ3n) is 5.40. The summed E-state index contributed by atoms with van der Waals surface area (Å²) in [7, 11) is 0. The van der Waals surface area contributed by atoms with Crippen molar-refractivity contribution in [3.05, 3.63) is 91.9 Å². The molecule has 0 atom stereocenters. The van der Waals surface area contributed by atoms with E-state index in [1.807, 2.05) is 6.92 Å². The molecular formula is C27H21Cl3N2O5. The summed E-state index contributed by atoms with van der Waals surface area (Å²) >= 11 is 18.6. The predicted molar refractivity (Wildman–Crippen MR) is 144 cm³/mol. The molecule has 0 radical (unpaired) electrons. The first kappa shape index (κ1) is 26.5. The van der Waals surface area contributed by atoms with E-state index in [0.29, 0.717) is 33.7 Å². The molecule has 0 bridgehead atoms. The van der Waals surface area contributed by atoms with E-state index in [0.717, 1.165) is 16.0 Å². The van der Waals surface area contributed by atoms with Crippen molar-refractivity contribution >= 4 is 64.4 Å². The lowest BCUT2D eigenvalue weighted by Crippen LogP contribution is -2.54. The molecule has 10 heteroatoms. The number of amides is 4. The van der Waals surface area contributed by atoms with Crippen LogP contribution in [-0.2, 0) is 16.2 Å². The maximum absolute atomic E-state index is 13.2. The second-order valence-corrected chi connectivity index (χ2v) is 9.32. The molecule has 4 amide bonds. The van der Waals surface area contributed by atoms with Gasteiger partial charge in [0.2, 0.25) is 0 Å². The zero-order chi connectivity index (χ0) is 26.7. The van der Waals surface area contributed by atoms with Crippen molar-refractivity contribution in [2.75, 3.05) is 11.5 Å². The summed E-state index contributed by atoms with van der Waals surface area (Å²) in [6.07, 6.45) is 1.35. The lowest BCUT2D eigenvalue weighted by molar-refractivity contribution is -0.122. The number of carbonyl (C=O) groups excluding carboxylic acids is 3. The molecule has 4 rings (SSSR count). The SMILES string of the molecule is CCOc1cc(/C=C2\C(=O)NC(=O)N(c3ccc(C)cc3)C2=O)cc(Cl)c1OCc1ccc(Cl)c(Cl)c1. The fourth-order valence-corrected chi connectivity index (χ4v) is 4.21. The van der Waals surface area contributed by atoms with Crippen LogP contribution < -0.4 is 19.7 Å². The molecule has 1 aliphatic rings. The van der Waals surface area contributed by atoms with Crippen LogP contribution in [0.3, 0.4) is 0 Å². The molecule has 3 aromatic rings. The Labute approximate surface area is 228 Å². The highest BCUT2D eigenvalue weighted by Crippen LogP contribution is 2.38. The van der Waals surface area contributed by atoms with Gasteiger partial charge in [-0.3, -0.25) is 14.9 Å². The number of halogens is 3. The molecule has 0 saturated carbocycles. The fraction of sp³-hybridized carbons (Fsp3) is 0.148. The second kappa shape index (κ2) is 11.3. The Morgan fingerprint density at radius 3 is 2.30 bits per heavy atom. The average Bonchev–Trinajstić information content (AvgIpc) is 2.84. The lowest BCUT2D eigenvalue weighted by Gasteiger charge is -2.26. The summed E-state index contributed by atoms with van der Waals surface area (Å²) in [4.78, 5) is 39.1. The maximum Gasteiger partial charge on any atom is 0.335 e. The number of imide groups is 2. The Kier molecular flexibility index (Phi) is 8.07. The summed E-state index contributed by atoms with van der Waals surface area (Å²) < 4.78 is 11.6. The minimum atomic E-state index is -0.824. The van der Waals surface area contributed by atoms with E-state index in [-0.39, 0.29) is 23.0 Å². The largest absolute Gasteiger partial charge is 0.490 e. The van der Waals surface area contributed by atoms with E-state index in [1.54, 1.807) is 55.5 Å². The van der Waals surface area contributed by atoms with Gasteiger partial charge in [0.25, 0.3) is 11.8 Å². The van der Waals surface area contributed by atoms with Gasteiger partial charge in [-0.05, 0) is 67.4 Å². The number of barbiturate groups is 1. The lowest BCUT2D eigenvalue weighted by atomic mass is 10.1. The van der Waals surface area contributed by atoms with Crippen LogP contribution in [0.5, 0.6) is 11.5 Å². The van der Waals surface area contributed by atoms with E-state index in [4.69, 9.17) is 44.3 Å². The summed E-state index contributed by atoms with van der Waals surface area (Å²) in [6.45, 7) is 4.14. The number of hydrogen-bond acceptors (Lipinski definition) is 5. The number of benzene rings is 3. The quantitative estimate of drug-likeness (QED) is 0.260. The Balaban J connectivity index is 1.65. The molecular weight excluding hydrogens is 539 g/mol. The Morgan fingerprint density at radius 2 is 1.62 bits per heavy atom. The van der Waals surface area contributed by atoms with Gasteiger partial charge in [-0.25, -0.2) is 9.69 Å². The number of hydrogen-bond donors (Lipinski definition) is 1. The van der Waals surface area contributed by atoms with Gasteiger partial charge >= 0.3 is 6.03 Å². The number of urea groups is 1. The Morgan fingerprint density at radius 1 is 0.892 bits per heavy atom. The topological polar surface area (TPSA) is 84.9 Å². The smallest absolute Gasteiger partial charge is 0.335 e. The van der Waals surface area contributed by atoms with E-state index in [9.17, 15) is 14.4 Å². The normalized spacial score (nSPS) is 14.7. The molecule has 0 aliphatic carbocycles. The number of aryl methyl sites for hydroxylation is 1. The van der Waals surface area contributed by atoms with Gasteiger partial charge < -0.3 is 9.47 Å². The van der Waals surface area contributed by atoms with Crippen LogP contribution >= 0.6 is 34.8 Å². The summed E-state index contributed by atoms with van der Waals surface area (Å²) in [6, 6.07) is 14.2. The van der Waals surface area contributed by atoms with Crippen LogP contribution in [0.2, 0.25) is 15.1 Å². The van der Waals surface area contributed by atoms with Crippen LogP contribution in [0, 0.1) is 6.92 Å². The van der Waals surface area contributed by atoms with Crippen LogP contribution in [0.25, 0.3) is 6.08 Å². The van der Waals surface area contributed by atoms with Gasteiger partial charge in [0, 0.05) is 0 Å². The van der Waals surface area contributed by atoms with Gasteiger partial charge in [0.1, 0.15) is 12.2 Å². The maximum atomic E-state index is 13.2. The zero-order valence-electron chi connectivity index (χ0n) is 19.8. The minimum absolute atomic E-state index is 0.144. The van der Waals surface area contributed by atoms with Gasteiger partial charge in [0.05, 0.1) is 27.4 Å². The minimum Gasteiger partial charge on any atom is -0.490 e. The van der Waals surface area contributed by atoms with Gasteiger partial charge in [0.15, 0.2) is 11.5 Å². The first-order valence-corrected chi connectivity index (χ1v) is 12.3. The first-order chi connectivity index (χ1) is 17.7. The zero-order valence-corrected chi connectivity index (χ0v) is 22.1. The second-order valence-electron chi connectivity index (χ2n) is 8.09. The van der Waals surface area contributed by atoms with Gasteiger partial charge in [-0.2, -0.15) is 0 Å². The van der Waals surface area contributed by atoms with Crippen molar-refractivity contribution in [1.29, 1.82) is 0 Å². The van der Waals surface area contributed by atoms with Crippen molar-refractivity contribution < 1.29 is 23.9 Å². The number of anilines is 1. The Hall–Kier alpha value is -3.52. The Bertz CT molecular complexity index is 1420. The van der Waals surface area contributed by atoms with Crippen LogP contribution in [0.1, 0.15) is 23.6 Å². The summed E-state index contributed by atoms with van der Waals surface area (Å²) in [5.41, 5.74) is 2.24. The number of nitrogens with zero attached hydrogens (tertiary/aromatic N) is 1. The molecule has 3 aromatic carbocycles. The molecule has 0 unspecified atom stereocenters. The molecule has 37 heavy (non-hydrogen) atoms. The number of ether oxygens (including phenoxy) is 2. The highest BCUT2D eigenvalue weighted by Gasteiger charge is 2.36. The molecule has 1 saturated heterocycles. The fourth-order valence-electron chi connectivity index (χ4n) is 3.61. The van der Waals surface area contributed by atoms with Gasteiger partial charge in [-0.1, -0.05) is 58.6 Å². The van der Waals surface area contributed by atoms with Crippen molar-refractivity contribution in [1.82, 2.24) is 5.32 Å². The van der Waals surface area contributed by atoms with Crippen molar-refractivity contribution in [2.24, 2.45) is 0 Å². The number of nitrogens with one attached hydrogen (secondary N) is 1. The molecule has 0 aromatic heterocycles. The molecule has 1 N–H and O–H groups in total. The van der Waals surface area contributed by atoms with Crippen molar-refractivity contribution in [3.8, 4) is 11.5 Å². The van der Waals surface area contributed by atoms with Crippen molar-refractivity contribution in [2.45, 2.75) is 20.5 Å². The first-order valence-electron chi connectivity index (χ1n) is 11.2. The van der Waals surface area contributed by atoms with Gasteiger partial charge in [-0.15, -0.1) is 0 Å². The highest BCUT2D eigenvalue weighted by molar-refractivity contribution is 6.42. The van der Waals surface area contributed by atoms with Crippen molar-refractivity contribution in [3.63, 3.8) is 0 Å². The van der Waals surface area contributed by atoms with E-state index in [1.165, 1.54) is 12.1 Å². The highest BCUT2D eigenvalue weighted by atomic mass is 35.5. The monoisotopic (exact) mass is 558 g/mol. The molecule has 190 valence electrons. The standard InChI is InChI=1S/C27H21Cl3N2O5/c1-3-36-23-13-17(12-22(30)24(23)37-14-16-6-9-20(28)21(29)11-16)10-19-25(33)31-27(35)32(26(19)34)18-7-4-15(2)5-8-18/h4-13H,3,14H2,1-2H3,(H,31,33,35)/b19-10+. The summed E-state index contributed by atoms with van der Waals surface area (Å²) in [5, 5.41) is 3.24. The van der Waals surface area contributed by atoms with E-state index in [2.05, 4.69) is 5.32 Å². The molecule has 1 fully saturated rings. The van der Waals surface area contributed by atoms with Crippen LogP contribution in [-0.4, -0.2) is 24.5 Å². The summed E-state index contributed by atoms with van der Waals surface area (Å²) in [5.74, 6) is -0.969. The van der Waals surface area contributed by atoms with E-state index < -0.39 is 17.8 Å². The third kappa shape index (κ3) is 5.91. The third-order valence-corrected chi connectivity index (χ3v) is 6.42. The molecule has 1 heterocycles.